The fourth-order valence-corrected chi connectivity index (χ4v) is 1.67. The van der Waals surface area contributed by atoms with E-state index in [1.165, 1.54) is 17.5 Å². The topological polar surface area (TPSA) is 26.0 Å². The first-order valence-electron chi connectivity index (χ1n) is 5.42. The summed E-state index contributed by atoms with van der Waals surface area (Å²) in [5.41, 5.74) is 8.75. The quantitative estimate of drug-likeness (QED) is 0.775. The Labute approximate surface area is 87.3 Å². The van der Waals surface area contributed by atoms with E-state index in [1.54, 1.807) is 0 Å². The van der Waals surface area contributed by atoms with Crippen LogP contribution in [0.15, 0.2) is 24.3 Å². The van der Waals surface area contributed by atoms with Crippen LogP contribution < -0.4 is 5.73 Å². The maximum atomic E-state index is 6.14. The molecule has 0 fully saturated rings. The summed E-state index contributed by atoms with van der Waals surface area (Å²) in [4.78, 5) is 0. The van der Waals surface area contributed by atoms with Crippen molar-refractivity contribution in [2.45, 2.75) is 39.7 Å². The van der Waals surface area contributed by atoms with Crippen molar-refractivity contribution in [3.05, 3.63) is 35.4 Å². The summed E-state index contributed by atoms with van der Waals surface area (Å²) in [6.45, 7) is 6.61. The highest BCUT2D eigenvalue weighted by Crippen LogP contribution is 2.21. The lowest BCUT2D eigenvalue weighted by atomic mass is 9.95. The number of rotatable bonds is 4. The van der Waals surface area contributed by atoms with Gasteiger partial charge < -0.3 is 5.73 Å². The Kier molecular flexibility index (Phi) is 4.15. The summed E-state index contributed by atoms with van der Waals surface area (Å²) in [7, 11) is 0. The van der Waals surface area contributed by atoms with E-state index in [4.69, 9.17) is 5.73 Å². The van der Waals surface area contributed by atoms with E-state index < -0.39 is 0 Å². The first kappa shape index (κ1) is 11.3. The van der Waals surface area contributed by atoms with Gasteiger partial charge in [0.05, 0.1) is 0 Å². The van der Waals surface area contributed by atoms with E-state index in [2.05, 4.69) is 45.0 Å². The first-order valence-corrected chi connectivity index (χ1v) is 5.42. The van der Waals surface area contributed by atoms with Crippen LogP contribution in [-0.4, -0.2) is 0 Å². The van der Waals surface area contributed by atoms with Crippen LogP contribution in [-0.2, 0) is 0 Å². The smallest absolute Gasteiger partial charge is 0.0297 e. The number of hydrogen-bond acceptors (Lipinski definition) is 1. The van der Waals surface area contributed by atoms with Gasteiger partial charge in [0.1, 0.15) is 0 Å². The molecule has 0 saturated heterocycles. The van der Waals surface area contributed by atoms with Gasteiger partial charge in [0.15, 0.2) is 0 Å². The fraction of sp³-hybridized carbons (Fsp3) is 0.538. The highest BCUT2D eigenvalue weighted by atomic mass is 14.6. The molecular formula is C13H21N. The third kappa shape index (κ3) is 3.15. The SMILES string of the molecule is Cc1ccccc1C(N)CCC(C)C. The molecule has 1 rings (SSSR count). The molecule has 2 N–H and O–H groups in total. The Balaban J connectivity index is 2.60. The Morgan fingerprint density at radius 2 is 1.79 bits per heavy atom. The molecule has 0 aromatic heterocycles. The maximum absolute atomic E-state index is 6.14. The summed E-state index contributed by atoms with van der Waals surface area (Å²) in [6.07, 6.45) is 2.29. The molecule has 0 aliphatic carbocycles. The van der Waals surface area contributed by atoms with Gasteiger partial charge in [-0.1, -0.05) is 38.1 Å². The molecule has 0 heterocycles. The van der Waals surface area contributed by atoms with Crippen molar-refractivity contribution in [3.8, 4) is 0 Å². The predicted molar refractivity (Wildman–Crippen MR) is 62.2 cm³/mol. The molecule has 0 spiro atoms. The van der Waals surface area contributed by atoms with Crippen LogP contribution in [0.3, 0.4) is 0 Å². The number of aryl methyl sites for hydroxylation is 1. The summed E-state index contributed by atoms with van der Waals surface area (Å²) >= 11 is 0. The molecule has 1 nitrogen and oxygen atoms in total. The average molecular weight is 191 g/mol. The second-order valence-corrected chi connectivity index (χ2v) is 4.43. The van der Waals surface area contributed by atoms with Crippen molar-refractivity contribution in [3.63, 3.8) is 0 Å². The molecular weight excluding hydrogens is 170 g/mol. The monoisotopic (exact) mass is 191 g/mol. The largest absolute Gasteiger partial charge is 0.324 e. The van der Waals surface area contributed by atoms with Crippen LogP contribution in [0.25, 0.3) is 0 Å². The van der Waals surface area contributed by atoms with Gasteiger partial charge in [-0.3, -0.25) is 0 Å². The van der Waals surface area contributed by atoms with E-state index in [1.807, 2.05) is 0 Å². The number of hydrogen-bond donors (Lipinski definition) is 1. The van der Waals surface area contributed by atoms with Crippen LogP contribution in [0.4, 0.5) is 0 Å². The Morgan fingerprint density at radius 3 is 2.36 bits per heavy atom. The minimum Gasteiger partial charge on any atom is -0.324 e. The van der Waals surface area contributed by atoms with Crippen molar-refractivity contribution < 1.29 is 0 Å². The molecule has 1 unspecified atom stereocenters. The van der Waals surface area contributed by atoms with Gasteiger partial charge >= 0.3 is 0 Å². The van der Waals surface area contributed by atoms with Gasteiger partial charge in [0.25, 0.3) is 0 Å². The second kappa shape index (κ2) is 5.16. The molecule has 14 heavy (non-hydrogen) atoms. The lowest BCUT2D eigenvalue weighted by molar-refractivity contribution is 0.506. The third-order valence-electron chi connectivity index (χ3n) is 2.64. The van der Waals surface area contributed by atoms with E-state index in [0.29, 0.717) is 0 Å². The van der Waals surface area contributed by atoms with Crippen LogP contribution in [0, 0.1) is 12.8 Å². The van der Waals surface area contributed by atoms with E-state index in [0.717, 1.165) is 12.3 Å². The maximum Gasteiger partial charge on any atom is 0.0297 e. The predicted octanol–water partition coefficient (Wildman–Crippen LogP) is 3.43. The zero-order chi connectivity index (χ0) is 10.6. The lowest BCUT2D eigenvalue weighted by Crippen LogP contribution is -2.12. The lowest BCUT2D eigenvalue weighted by Gasteiger charge is -2.15. The number of nitrogens with two attached hydrogens (primary N) is 1. The van der Waals surface area contributed by atoms with Crippen molar-refractivity contribution >= 4 is 0 Å². The minimum atomic E-state index is 0.207. The first-order chi connectivity index (χ1) is 6.61. The summed E-state index contributed by atoms with van der Waals surface area (Å²) in [5.74, 6) is 0.741. The molecule has 0 saturated carbocycles. The average Bonchev–Trinajstić information content (AvgIpc) is 2.15. The van der Waals surface area contributed by atoms with Crippen molar-refractivity contribution in [2.75, 3.05) is 0 Å². The molecule has 78 valence electrons. The van der Waals surface area contributed by atoms with E-state index >= 15 is 0 Å². The molecule has 1 heteroatoms. The van der Waals surface area contributed by atoms with Crippen LogP contribution in [0.2, 0.25) is 0 Å². The molecule has 0 amide bonds. The molecule has 0 aliphatic rings. The van der Waals surface area contributed by atoms with Gasteiger partial charge in [0, 0.05) is 6.04 Å². The van der Waals surface area contributed by atoms with Crippen molar-refractivity contribution in [1.82, 2.24) is 0 Å². The van der Waals surface area contributed by atoms with Crippen LogP contribution in [0.5, 0.6) is 0 Å². The van der Waals surface area contributed by atoms with Gasteiger partial charge in [-0.15, -0.1) is 0 Å². The molecule has 0 bridgehead atoms. The fourth-order valence-electron chi connectivity index (χ4n) is 1.67. The summed E-state index contributed by atoms with van der Waals surface area (Å²) < 4.78 is 0. The molecule has 0 aliphatic heterocycles. The van der Waals surface area contributed by atoms with E-state index in [-0.39, 0.29) is 6.04 Å². The highest BCUT2D eigenvalue weighted by molar-refractivity contribution is 5.28. The third-order valence-corrected chi connectivity index (χ3v) is 2.64. The van der Waals surface area contributed by atoms with Crippen LogP contribution >= 0.6 is 0 Å². The van der Waals surface area contributed by atoms with Crippen LogP contribution in [0.1, 0.15) is 43.9 Å². The molecule has 1 aromatic carbocycles. The Morgan fingerprint density at radius 1 is 1.14 bits per heavy atom. The van der Waals surface area contributed by atoms with Gasteiger partial charge in [-0.2, -0.15) is 0 Å². The Bertz CT molecular complexity index is 278. The molecule has 1 aromatic rings. The normalized spacial score (nSPS) is 13.2. The molecule has 1 atom stereocenters. The minimum absolute atomic E-state index is 0.207. The van der Waals surface area contributed by atoms with Gasteiger partial charge in [-0.25, -0.2) is 0 Å². The van der Waals surface area contributed by atoms with Gasteiger partial charge in [-0.05, 0) is 36.8 Å². The highest BCUT2D eigenvalue weighted by Gasteiger charge is 2.08. The zero-order valence-corrected chi connectivity index (χ0v) is 9.46. The van der Waals surface area contributed by atoms with E-state index in [9.17, 15) is 0 Å². The van der Waals surface area contributed by atoms with Gasteiger partial charge in [0.2, 0.25) is 0 Å². The Hall–Kier alpha value is -0.820. The zero-order valence-electron chi connectivity index (χ0n) is 9.46. The van der Waals surface area contributed by atoms with Crippen molar-refractivity contribution in [1.29, 1.82) is 0 Å². The van der Waals surface area contributed by atoms with Crippen molar-refractivity contribution in [2.24, 2.45) is 11.7 Å². The summed E-state index contributed by atoms with van der Waals surface area (Å²) in [6, 6.07) is 8.61. The second-order valence-electron chi connectivity index (χ2n) is 4.43. The summed E-state index contributed by atoms with van der Waals surface area (Å²) in [5, 5.41) is 0. The molecule has 0 radical (unpaired) electrons. The number of benzene rings is 1. The standard InChI is InChI=1S/C13H21N/c1-10(2)8-9-13(14)12-7-5-4-6-11(12)3/h4-7,10,13H,8-9,14H2,1-3H3.